The molecule has 0 aromatic heterocycles. The van der Waals surface area contributed by atoms with Gasteiger partial charge in [0, 0.05) is 27.7 Å². The molecule has 0 saturated heterocycles. The third-order valence-electron chi connectivity index (χ3n) is 5.18. The fourth-order valence-corrected chi connectivity index (χ4v) is 3.85. The number of hydrogen-bond donors (Lipinski definition) is 1. The third-order valence-corrected chi connectivity index (χ3v) is 5.89. The Kier molecular flexibility index (Phi) is 8.99. The molecule has 32 heavy (non-hydrogen) atoms. The van der Waals surface area contributed by atoms with E-state index in [1.54, 1.807) is 18.2 Å². The predicted octanol–water partition coefficient (Wildman–Crippen LogP) is 5.71. The number of ether oxygens (including phenoxy) is 1. The Hall–Kier alpha value is -2.24. The fraction of sp³-hybridized carbons (Fsp3) is 0.440. The van der Waals surface area contributed by atoms with Crippen molar-refractivity contribution in [3.8, 4) is 5.75 Å². The van der Waals surface area contributed by atoms with Gasteiger partial charge in [0.15, 0.2) is 6.61 Å². The summed E-state index contributed by atoms with van der Waals surface area (Å²) in [4.78, 5) is 27.9. The highest BCUT2D eigenvalue weighted by Crippen LogP contribution is 2.27. The van der Waals surface area contributed by atoms with Crippen molar-refractivity contribution in [3.63, 3.8) is 0 Å². The molecule has 0 heterocycles. The second kappa shape index (κ2) is 11.1. The van der Waals surface area contributed by atoms with Crippen molar-refractivity contribution in [2.45, 2.75) is 66.1 Å². The molecule has 2 aromatic carbocycles. The van der Waals surface area contributed by atoms with E-state index in [0.29, 0.717) is 27.8 Å². The molecule has 1 unspecified atom stereocenters. The summed E-state index contributed by atoms with van der Waals surface area (Å²) in [6.07, 6.45) is 0.430. The fourth-order valence-electron chi connectivity index (χ4n) is 3.33. The van der Waals surface area contributed by atoms with Crippen LogP contribution in [0.25, 0.3) is 0 Å². The minimum Gasteiger partial charge on any atom is -0.483 e. The van der Waals surface area contributed by atoms with Gasteiger partial charge in [0.1, 0.15) is 11.8 Å². The number of hydrogen-bond acceptors (Lipinski definition) is 3. The van der Waals surface area contributed by atoms with E-state index in [4.69, 9.17) is 27.9 Å². The van der Waals surface area contributed by atoms with Crippen LogP contribution >= 0.6 is 23.2 Å². The molecule has 1 N–H and O–H groups in total. The first-order valence-corrected chi connectivity index (χ1v) is 11.4. The molecule has 0 aliphatic rings. The summed E-state index contributed by atoms with van der Waals surface area (Å²) >= 11 is 12.7. The molecule has 0 bridgehead atoms. The predicted molar refractivity (Wildman–Crippen MR) is 130 cm³/mol. The van der Waals surface area contributed by atoms with E-state index >= 15 is 0 Å². The maximum Gasteiger partial charge on any atom is 0.261 e. The SMILES string of the molecule is CCC(C(=O)NC(C)(C)C)N(Cc1c(Cl)cccc1Cl)C(=O)COc1cccc(C)c1C. The van der Waals surface area contributed by atoms with Crippen LogP contribution in [0.15, 0.2) is 36.4 Å². The zero-order chi connectivity index (χ0) is 24.1. The van der Waals surface area contributed by atoms with Crippen LogP contribution in [0.1, 0.15) is 50.8 Å². The minimum atomic E-state index is -0.698. The summed E-state index contributed by atoms with van der Waals surface area (Å²) in [6, 6.07) is 10.2. The van der Waals surface area contributed by atoms with E-state index in [-0.39, 0.29) is 25.0 Å². The van der Waals surface area contributed by atoms with E-state index in [2.05, 4.69) is 5.32 Å². The molecule has 0 saturated carbocycles. The molecule has 2 amide bonds. The third kappa shape index (κ3) is 6.88. The van der Waals surface area contributed by atoms with Gasteiger partial charge in [-0.15, -0.1) is 0 Å². The van der Waals surface area contributed by atoms with Crippen LogP contribution in [-0.4, -0.2) is 34.9 Å². The summed E-state index contributed by atoms with van der Waals surface area (Å²) in [5, 5.41) is 3.85. The lowest BCUT2D eigenvalue weighted by molar-refractivity contribution is -0.143. The van der Waals surface area contributed by atoms with Gasteiger partial charge in [-0.1, -0.05) is 48.3 Å². The molecule has 0 aliphatic heterocycles. The molecule has 5 nitrogen and oxygen atoms in total. The first-order valence-electron chi connectivity index (χ1n) is 10.7. The topological polar surface area (TPSA) is 58.6 Å². The monoisotopic (exact) mass is 478 g/mol. The Bertz CT molecular complexity index is 950. The first-order chi connectivity index (χ1) is 14.9. The van der Waals surface area contributed by atoms with Crippen molar-refractivity contribution in [2.75, 3.05) is 6.61 Å². The number of carbonyl (C=O) groups is 2. The molecular weight excluding hydrogens is 447 g/mol. The van der Waals surface area contributed by atoms with E-state index in [0.717, 1.165) is 11.1 Å². The van der Waals surface area contributed by atoms with Gasteiger partial charge in [-0.05, 0) is 70.4 Å². The van der Waals surface area contributed by atoms with Gasteiger partial charge in [-0.2, -0.15) is 0 Å². The van der Waals surface area contributed by atoms with E-state index in [1.807, 2.05) is 59.7 Å². The lowest BCUT2D eigenvalue weighted by Gasteiger charge is -2.33. The second-order valence-electron chi connectivity index (χ2n) is 8.87. The number of amides is 2. The number of benzene rings is 2. The molecule has 0 radical (unpaired) electrons. The minimum absolute atomic E-state index is 0.101. The van der Waals surface area contributed by atoms with Crippen LogP contribution in [0.5, 0.6) is 5.75 Å². The van der Waals surface area contributed by atoms with Gasteiger partial charge in [-0.25, -0.2) is 0 Å². The summed E-state index contributed by atoms with van der Waals surface area (Å²) < 4.78 is 5.84. The molecule has 2 rings (SSSR count). The highest BCUT2D eigenvalue weighted by atomic mass is 35.5. The van der Waals surface area contributed by atoms with Crippen LogP contribution in [-0.2, 0) is 16.1 Å². The van der Waals surface area contributed by atoms with Gasteiger partial charge in [0.25, 0.3) is 5.91 Å². The average molecular weight is 479 g/mol. The Balaban J connectivity index is 2.34. The Morgan fingerprint density at radius 1 is 1.06 bits per heavy atom. The average Bonchev–Trinajstić information content (AvgIpc) is 2.69. The highest BCUT2D eigenvalue weighted by molar-refractivity contribution is 6.36. The Morgan fingerprint density at radius 2 is 1.66 bits per heavy atom. The van der Waals surface area contributed by atoms with Gasteiger partial charge in [0.05, 0.1) is 0 Å². The number of nitrogens with zero attached hydrogens (tertiary/aromatic N) is 1. The van der Waals surface area contributed by atoms with E-state index in [9.17, 15) is 9.59 Å². The number of nitrogens with one attached hydrogen (secondary N) is 1. The van der Waals surface area contributed by atoms with E-state index < -0.39 is 11.6 Å². The van der Waals surface area contributed by atoms with Crippen molar-refractivity contribution in [3.05, 3.63) is 63.1 Å². The standard InChI is InChI=1S/C25H32Cl2N2O3/c1-7-21(24(31)28-25(4,5)6)29(14-18-19(26)11-9-12-20(18)27)23(30)15-32-22-13-8-10-16(2)17(22)3/h8-13,21H,7,14-15H2,1-6H3,(H,28,31). The summed E-state index contributed by atoms with van der Waals surface area (Å²) in [7, 11) is 0. The Labute approximate surface area is 201 Å². The number of halogens is 2. The van der Waals surface area contributed by atoms with Gasteiger partial charge < -0.3 is 15.0 Å². The lowest BCUT2D eigenvalue weighted by atomic mass is 10.1. The Morgan fingerprint density at radius 3 is 2.22 bits per heavy atom. The van der Waals surface area contributed by atoms with Crippen LogP contribution in [0.2, 0.25) is 10.0 Å². The maximum atomic E-state index is 13.3. The molecule has 174 valence electrons. The molecule has 1 atom stereocenters. The number of aryl methyl sites for hydroxylation is 1. The number of rotatable bonds is 8. The highest BCUT2D eigenvalue weighted by Gasteiger charge is 2.31. The van der Waals surface area contributed by atoms with Crippen molar-refractivity contribution >= 4 is 35.0 Å². The first kappa shape index (κ1) is 26.0. The molecule has 0 aliphatic carbocycles. The van der Waals surface area contributed by atoms with Crippen molar-refractivity contribution in [1.29, 1.82) is 0 Å². The van der Waals surface area contributed by atoms with Crippen LogP contribution in [0.3, 0.4) is 0 Å². The summed E-state index contributed by atoms with van der Waals surface area (Å²) in [5.41, 5.74) is 2.21. The quantitative estimate of drug-likeness (QED) is 0.528. The summed E-state index contributed by atoms with van der Waals surface area (Å²) in [6.45, 7) is 11.4. The van der Waals surface area contributed by atoms with Crippen molar-refractivity contribution in [2.24, 2.45) is 0 Å². The van der Waals surface area contributed by atoms with Crippen LogP contribution in [0, 0.1) is 13.8 Å². The smallest absolute Gasteiger partial charge is 0.261 e. The lowest BCUT2D eigenvalue weighted by Crippen LogP contribution is -2.54. The molecule has 7 heteroatoms. The molecule has 0 spiro atoms. The normalized spacial score (nSPS) is 12.2. The van der Waals surface area contributed by atoms with Gasteiger partial charge in [-0.3, -0.25) is 9.59 Å². The zero-order valence-electron chi connectivity index (χ0n) is 19.6. The number of carbonyl (C=O) groups excluding carboxylic acids is 2. The van der Waals surface area contributed by atoms with E-state index in [1.165, 1.54) is 4.90 Å². The van der Waals surface area contributed by atoms with Gasteiger partial charge in [0.2, 0.25) is 5.91 Å². The molecule has 2 aromatic rings. The second-order valence-corrected chi connectivity index (χ2v) is 9.69. The molecule has 0 fully saturated rings. The van der Waals surface area contributed by atoms with Gasteiger partial charge >= 0.3 is 0 Å². The van der Waals surface area contributed by atoms with Crippen molar-refractivity contribution < 1.29 is 14.3 Å². The molecular formula is C25H32Cl2N2O3. The summed E-state index contributed by atoms with van der Waals surface area (Å²) in [5.74, 6) is 0.0855. The zero-order valence-corrected chi connectivity index (χ0v) is 21.1. The van der Waals surface area contributed by atoms with Crippen LogP contribution in [0.4, 0.5) is 0 Å². The van der Waals surface area contributed by atoms with Crippen molar-refractivity contribution in [1.82, 2.24) is 10.2 Å². The van der Waals surface area contributed by atoms with Crippen LogP contribution < -0.4 is 10.1 Å². The largest absolute Gasteiger partial charge is 0.483 e. The maximum absolute atomic E-state index is 13.3.